The molecule has 13 heavy (non-hydrogen) atoms. The van der Waals surface area contributed by atoms with Gasteiger partial charge in [-0.1, -0.05) is 6.92 Å². The molecule has 1 rings (SSSR count). The van der Waals surface area contributed by atoms with E-state index < -0.39 is 0 Å². The first-order valence-electron chi connectivity index (χ1n) is 4.72. The van der Waals surface area contributed by atoms with E-state index in [0.29, 0.717) is 6.54 Å². The predicted octanol–water partition coefficient (Wildman–Crippen LogP) is 2.05. The molecule has 0 unspecified atom stereocenters. The van der Waals surface area contributed by atoms with Gasteiger partial charge in [-0.25, -0.2) is 0 Å². The van der Waals surface area contributed by atoms with Gasteiger partial charge in [-0.2, -0.15) is 0 Å². The Hall–Kier alpha value is -0.380. The molecule has 0 atom stereocenters. The standard InChI is InChI=1S/C10H18N2S/c1-3-6-12(2)8-10-5-4-9(7-11)13-10/h4-5H,3,6-8,11H2,1-2H3. The van der Waals surface area contributed by atoms with Gasteiger partial charge in [-0.05, 0) is 32.1 Å². The molecule has 1 aromatic heterocycles. The highest BCUT2D eigenvalue weighted by molar-refractivity contribution is 7.11. The fourth-order valence-corrected chi connectivity index (χ4v) is 2.32. The van der Waals surface area contributed by atoms with Gasteiger partial charge in [0.2, 0.25) is 0 Å². The van der Waals surface area contributed by atoms with Crippen molar-refractivity contribution in [2.75, 3.05) is 13.6 Å². The van der Waals surface area contributed by atoms with E-state index in [1.165, 1.54) is 16.2 Å². The first-order chi connectivity index (χ1) is 6.26. The van der Waals surface area contributed by atoms with Crippen LogP contribution in [0.4, 0.5) is 0 Å². The Morgan fingerprint density at radius 3 is 2.62 bits per heavy atom. The van der Waals surface area contributed by atoms with Crippen molar-refractivity contribution in [3.63, 3.8) is 0 Å². The third-order valence-electron chi connectivity index (χ3n) is 1.95. The topological polar surface area (TPSA) is 29.3 Å². The fraction of sp³-hybridized carbons (Fsp3) is 0.600. The second kappa shape index (κ2) is 5.37. The van der Waals surface area contributed by atoms with Gasteiger partial charge in [-0.3, -0.25) is 0 Å². The van der Waals surface area contributed by atoms with Crippen molar-refractivity contribution in [3.05, 3.63) is 21.9 Å². The summed E-state index contributed by atoms with van der Waals surface area (Å²) in [6.07, 6.45) is 1.21. The van der Waals surface area contributed by atoms with E-state index in [9.17, 15) is 0 Å². The van der Waals surface area contributed by atoms with Crippen molar-refractivity contribution < 1.29 is 0 Å². The summed E-state index contributed by atoms with van der Waals surface area (Å²) in [5.41, 5.74) is 5.55. The lowest BCUT2D eigenvalue weighted by atomic mass is 10.4. The molecule has 0 bridgehead atoms. The van der Waals surface area contributed by atoms with Crippen LogP contribution in [0.2, 0.25) is 0 Å². The third-order valence-corrected chi connectivity index (χ3v) is 3.04. The minimum absolute atomic E-state index is 0.669. The summed E-state index contributed by atoms with van der Waals surface area (Å²) in [7, 11) is 2.16. The number of hydrogen-bond acceptors (Lipinski definition) is 3. The van der Waals surface area contributed by atoms with E-state index in [0.717, 1.165) is 13.1 Å². The lowest BCUT2D eigenvalue weighted by molar-refractivity contribution is 0.330. The van der Waals surface area contributed by atoms with Crippen LogP contribution in [0.3, 0.4) is 0 Å². The number of rotatable bonds is 5. The van der Waals surface area contributed by atoms with Crippen LogP contribution in [0, 0.1) is 0 Å². The van der Waals surface area contributed by atoms with Gasteiger partial charge in [0, 0.05) is 22.8 Å². The highest BCUT2D eigenvalue weighted by Crippen LogP contribution is 2.17. The zero-order valence-corrected chi connectivity index (χ0v) is 9.23. The van der Waals surface area contributed by atoms with Crippen molar-refractivity contribution in [3.8, 4) is 0 Å². The highest BCUT2D eigenvalue weighted by Gasteiger charge is 2.01. The van der Waals surface area contributed by atoms with Crippen LogP contribution in [0.1, 0.15) is 23.1 Å². The van der Waals surface area contributed by atoms with Gasteiger partial charge in [0.15, 0.2) is 0 Å². The van der Waals surface area contributed by atoms with Gasteiger partial charge >= 0.3 is 0 Å². The summed E-state index contributed by atoms with van der Waals surface area (Å²) in [5, 5.41) is 0. The Kier molecular flexibility index (Phi) is 4.42. The van der Waals surface area contributed by atoms with Gasteiger partial charge in [0.05, 0.1) is 0 Å². The van der Waals surface area contributed by atoms with E-state index >= 15 is 0 Å². The molecule has 0 radical (unpaired) electrons. The molecular weight excluding hydrogens is 180 g/mol. The molecule has 74 valence electrons. The Balaban J connectivity index is 2.44. The van der Waals surface area contributed by atoms with E-state index in [2.05, 4.69) is 31.0 Å². The molecule has 1 aromatic rings. The van der Waals surface area contributed by atoms with E-state index in [-0.39, 0.29) is 0 Å². The highest BCUT2D eigenvalue weighted by atomic mass is 32.1. The maximum Gasteiger partial charge on any atom is 0.0324 e. The van der Waals surface area contributed by atoms with Gasteiger partial charge in [0.1, 0.15) is 0 Å². The minimum Gasteiger partial charge on any atom is -0.326 e. The molecule has 3 heteroatoms. The van der Waals surface area contributed by atoms with Crippen LogP contribution in [0.25, 0.3) is 0 Å². The van der Waals surface area contributed by atoms with Crippen LogP contribution in [0.15, 0.2) is 12.1 Å². The molecule has 0 saturated heterocycles. The van der Waals surface area contributed by atoms with Gasteiger partial charge < -0.3 is 10.6 Å². The van der Waals surface area contributed by atoms with Crippen LogP contribution in [0.5, 0.6) is 0 Å². The van der Waals surface area contributed by atoms with Crippen molar-refractivity contribution in [2.45, 2.75) is 26.4 Å². The van der Waals surface area contributed by atoms with E-state index in [1.54, 1.807) is 0 Å². The number of nitrogens with zero attached hydrogens (tertiary/aromatic N) is 1. The van der Waals surface area contributed by atoms with Crippen LogP contribution in [-0.2, 0) is 13.1 Å². The summed E-state index contributed by atoms with van der Waals surface area (Å²) >= 11 is 1.82. The van der Waals surface area contributed by atoms with Crippen LogP contribution >= 0.6 is 11.3 Å². The monoisotopic (exact) mass is 198 g/mol. The van der Waals surface area contributed by atoms with Crippen molar-refractivity contribution in [1.82, 2.24) is 4.90 Å². The second-order valence-electron chi connectivity index (χ2n) is 3.31. The smallest absolute Gasteiger partial charge is 0.0324 e. The largest absolute Gasteiger partial charge is 0.326 e. The molecule has 1 heterocycles. The van der Waals surface area contributed by atoms with Crippen LogP contribution < -0.4 is 5.73 Å². The lowest BCUT2D eigenvalue weighted by Gasteiger charge is -2.13. The van der Waals surface area contributed by atoms with E-state index in [1.807, 2.05) is 11.3 Å². The number of nitrogens with two attached hydrogens (primary N) is 1. The zero-order chi connectivity index (χ0) is 9.68. The zero-order valence-electron chi connectivity index (χ0n) is 8.42. The van der Waals surface area contributed by atoms with Gasteiger partial charge in [-0.15, -0.1) is 11.3 Å². The molecule has 0 amide bonds. The molecule has 0 fully saturated rings. The Morgan fingerprint density at radius 1 is 1.38 bits per heavy atom. The molecule has 0 aliphatic heterocycles. The summed E-state index contributed by atoms with van der Waals surface area (Å²) in [6.45, 7) is 5.09. The Labute approximate surface area is 84.4 Å². The molecule has 0 spiro atoms. The molecule has 0 aromatic carbocycles. The van der Waals surface area contributed by atoms with E-state index in [4.69, 9.17) is 5.73 Å². The normalized spacial score (nSPS) is 11.1. The molecule has 0 saturated carbocycles. The Bertz CT molecular complexity index is 245. The van der Waals surface area contributed by atoms with Crippen molar-refractivity contribution in [2.24, 2.45) is 5.73 Å². The summed E-state index contributed by atoms with van der Waals surface area (Å²) < 4.78 is 0. The summed E-state index contributed by atoms with van der Waals surface area (Å²) in [6, 6.07) is 4.30. The minimum atomic E-state index is 0.669. The quantitative estimate of drug-likeness (QED) is 0.784. The average Bonchev–Trinajstić information content (AvgIpc) is 2.52. The Morgan fingerprint density at radius 2 is 2.08 bits per heavy atom. The van der Waals surface area contributed by atoms with Crippen molar-refractivity contribution in [1.29, 1.82) is 0 Å². The SMILES string of the molecule is CCCN(C)Cc1ccc(CN)s1. The maximum absolute atomic E-state index is 5.55. The molecule has 0 aliphatic rings. The van der Waals surface area contributed by atoms with Crippen molar-refractivity contribution >= 4 is 11.3 Å². The first kappa shape index (κ1) is 10.7. The van der Waals surface area contributed by atoms with Crippen LogP contribution in [-0.4, -0.2) is 18.5 Å². The maximum atomic E-state index is 5.55. The third kappa shape index (κ3) is 3.46. The first-order valence-corrected chi connectivity index (χ1v) is 5.54. The summed E-state index contributed by atoms with van der Waals surface area (Å²) in [4.78, 5) is 5.03. The predicted molar refractivity (Wildman–Crippen MR) is 58.8 cm³/mol. The summed E-state index contributed by atoms with van der Waals surface area (Å²) in [5.74, 6) is 0. The molecule has 2 N–H and O–H groups in total. The lowest BCUT2D eigenvalue weighted by Crippen LogP contribution is -2.17. The number of thiophene rings is 1. The molecule has 2 nitrogen and oxygen atoms in total. The second-order valence-corrected chi connectivity index (χ2v) is 4.56. The fourth-order valence-electron chi connectivity index (χ4n) is 1.34. The number of hydrogen-bond donors (Lipinski definition) is 1. The van der Waals surface area contributed by atoms with Gasteiger partial charge in [0.25, 0.3) is 0 Å². The molecular formula is C10H18N2S. The molecule has 0 aliphatic carbocycles. The average molecular weight is 198 g/mol.